The predicted molar refractivity (Wildman–Crippen MR) is 98.1 cm³/mol. The van der Waals surface area contributed by atoms with Gasteiger partial charge < -0.3 is 15.4 Å². The van der Waals surface area contributed by atoms with E-state index in [1.54, 1.807) is 30.3 Å². The molecule has 1 aromatic heterocycles. The molecule has 0 unspecified atom stereocenters. The maximum atomic E-state index is 12.7. The normalized spacial score (nSPS) is 10.9. The van der Waals surface area contributed by atoms with Gasteiger partial charge in [-0.1, -0.05) is 48.5 Å². The quantitative estimate of drug-likeness (QED) is 0.525. The van der Waals surface area contributed by atoms with Crippen LogP contribution in [0.25, 0.3) is 21.7 Å². The number of aromatic nitrogens is 1. The topological polar surface area (TPSA) is 82.2 Å². The molecular weight excluding hydrogens is 316 g/mol. The van der Waals surface area contributed by atoms with Gasteiger partial charge in [0.25, 0.3) is 11.5 Å². The monoisotopic (exact) mass is 330 g/mol. The summed E-state index contributed by atoms with van der Waals surface area (Å²) < 4.78 is 0. The molecule has 4 aromatic rings. The van der Waals surface area contributed by atoms with Crippen molar-refractivity contribution in [1.82, 2.24) is 4.98 Å². The van der Waals surface area contributed by atoms with Crippen LogP contribution in [0, 0.1) is 0 Å². The Balaban J connectivity index is 1.81. The fraction of sp³-hybridized carbons (Fsp3) is 0. The molecule has 0 aliphatic heterocycles. The van der Waals surface area contributed by atoms with Gasteiger partial charge in [-0.2, -0.15) is 0 Å². The molecule has 0 saturated carbocycles. The van der Waals surface area contributed by atoms with Gasteiger partial charge in [0.2, 0.25) is 0 Å². The van der Waals surface area contributed by atoms with Crippen LogP contribution < -0.4 is 10.9 Å². The molecule has 0 saturated heterocycles. The number of anilines is 1. The number of aromatic hydroxyl groups is 1. The molecule has 5 heteroatoms. The van der Waals surface area contributed by atoms with E-state index in [-0.39, 0.29) is 11.3 Å². The first-order valence-electron chi connectivity index (χ1n) is 7.78. The van der Waals surface area contributed by atoms with Crippen LogP contribution in [0.2, 0.25) is 0 Å². The number of benzene rings is 3. The average molecular weight is 330 g/mol. The van der Waals surface area contributed by atoms with E-state index in [2.05, 4.69) is 10.3 Å². The van der Waals surface area contributed by atoms with E-state index in [1.165, 1.54) is 0 Å². The SMILES string of the molecule is O=C(Nc1cccc2ccccc12)c1c(O)c2ccccc2[nH]c1=O. The van der Waals surface area contributed by atoms with Crippen molar-refractivity contribution in [3.63, 3.8) is 0 Å². The lowest BCUT2D eigenvalue weighted by molar-refractivity contribution is 0.102. The third-order valence-electron chi connectivity index (χ3n) is 4.16. The highest BCUT2D eigenvalue weighted by molar-refractivity contribution is 6.12. The van der Waals surface area contributed by atoms with Crippen molar-refractivity contribution >= 4 is 33.3 Å². The molecule has 0 aliphatic carbocycles. The molecule has 122 valence electrons. The minimum absolute atomic E-state index is 0.299. The summed E-state index contributed by atoms with van der Waals surface area (Å²) in [6.07, 6.45) is 0. The highest BCUT2D eigenvalue weighted by atomic mass is 16.3. The van der Waals surface area contributed by atoms with Crippen LogP contribution in [0.15, 0.2) is 71.5 Å². The van der Waals surface area contributed by atoms with Gasteiger partial charge >= 0.3 is 0 Å². The molecule has 5 nitrogen and oxygen atoms in total. The molecule has 0 aliphatic rings. The minimum atomic E-state index is -0.652. The third-order valence-corrected chi connectivity index (χ3v) is 4.16. The number of carbonyl (C=O) groups excluding carboxylic acids is 1. The number of fused-ring (bicyclic) bond motifs is 2. The molecule has 0 bridgehead atoms. The highest BCUT2D eigenvalue weighted by Crippen LogP contribution is 2.27. The molecule has 0 spiro atoms. The average Bonchev–Trinajstić information content (AvgIpc) is 2.62. The van der Waals surface area contributed by atoms with Crippen LogP contribution in [0.4, 0.5) is 5.69 Å². The fourth-order valence-corrected chi connectivity index (χ4v) is 2.96. The van der Waals surface area contributed by atoms with Crippen molar-refractivity contribution in [2.24, 2.45) is 0 Å². The Labute approximate surface area is 142 Å². The van der Waals surface area contributed by atoms with Gasteiger partial charge in [0.05, 0.1) is 5.52 Å². The number of carbonyl (C=O) groups is 1. The molecule has 1 heterocycles. The molecule has 3 aromatic carbocycles. The van der Waals surface area contributed by atoms with Gasteiger partial charge in [-0.05, 0) is 23.6 Å². The van der Waals surface area contributed by atoms with Crippen molar-refractivity contribution in [2.45, 2.75) is 0 Å². The summed E-state index contributed by atoms with van der Waals surface area (Å²) in [5.74, 6) is -0.974. The Bertz CT molecular complexity index is 1170. The van der Waals surface area contributed by atoms with Crippen molar-refractivity contribution < 1.29 is 9.90 Å². The Morgan fingerprint density at radius 2 is 1.56 bits per heavy atom. The number of H-pyrrole nitrogens is 1. The Morgan fingerprint density at radius 1 is 0.880 bits per heavy atom. The Hall–Kier alpha value is -3.60. The Morgan fingerprint density at radius 3 is 2.40 bits per heavy atom. The van der Waals surface area contributed by atoms with E-state index in [1.807, 2.05) is 36.4 Å². The molecule has 4 rings (SSSR count). The second kappa shape index (κ2) is 5.79. The molecule has 3 N–H and O–H groups in total. The van der Waals surface area contributed by atoms with Crippen LogP contribution in [-0.4, -0.2) is 16.0 Å². The number of rotatable bonds is 2. The zero-order chi connectivity index (χ0) is 17.4. The minimum Gasteiger partial charge on any atom is -0.506 e. The summed E-state index contributed by atoms with van der Waals surface area (Å²) in [4.78, 5) is 27.6. The van der Waals surface area contributed by atoms with Crippen molar-refractivity contribution in [3.8, 4) is 5.75 Å². The maximum Gasteiger partial charge on any atom is 0.265 e. The van der Waals surface area contributed by atoms with Crippen LogP contribution in [-0.2, 0) is 0 Å². The summed E-state index contributed by atoms with van der Waals surface area (Å²) in [6.45, 7) is 0. The first-order chi connectivity index (χ1) is 12.1. The highest BCUT2D eigenvalue weighted by Gasteiger charge is 2.19. The summed E-state index contributed by atoms with van der Waals surface area (Å²) in [6, 6.07) is 19.9. The van der Waals surface area contributed by atoms with Crippen LogP contribution in [0.1, 0.15) is 10.4 Å². The number of para-hydroxylation sites is 1. The van der Waals surface area contributed by atoms with Gasteiger partial charge in [0, 0.05) is 16.5 Å². The summed E-state index contributed by atoms with van der Waals surface area (Å²) in [5.41, 5.74) is 0.127. The molecule has 25 heavy (non-hydrogen) atoms. The van der Waals surface area contributed by atoms with Crippen molar-refractivity contribution in [1.29, 1.82) is 0 Å². The van der Waals surface area contributed by atoms with Gasteiger partial charge in [-0.15, -0.1) is 0 Å². The summed E-state index contributed by atoms with van der Waals surface area (Å²) in [5, 5.41) is 15.4. The lowest BCUT2D eigenvalue weighted by Gasteiger charge is -2.10. The summed E-state index contributed by atoms with van der Waals surface area (Å²) >= 11 is 0. The van der Waals surface area contributed by atoms with E-state index >= 15 is 0 Å². The summed E-state index contributed by atoms with van der Waals surface area (Å²) in [7, 11) is 0. The van der Waals surface area contributed by atoms with Crippen molar-refractivity contribution in [2.75, 3.05) is 5.32 Å². The van der Waals surface area contributed by atoms with Crippen molar-refractivity contribution in [3.05, 3.63) is 82.6 Å². The van der Waals surface area contributed by atoms with E-state index < -0.39 is 11.5 Å². The second-order valence-electron chi connectivity index (χ2n) is 5.70. The standard InChI is InChI=1S/C20H14N2O3/c23-18-14-9-3-4-10-16(14)22-20(25)17(18)19(24)21-15-11-5-7-12-6-1-2-8-13(12)15/h1-11H,(H,21,24)(H2,22,23,25). The lowest BCUT2D eigenvalue weighted by atomic mass is 10.1. The number of pyridine rings is 1. The molecule has 1 amide bonds. The molecule has 0 fully saturated rings. The van der Waals surface area contributed by atoms with Gasteiger partial charge in [0.1, 0.15) is 11.3 Å². The number of hydrogen-bond acceptors (Lipinski definition) is 3. The zero-order valence-electron chi connectivity index (χ0n) is 13.1. The smallest absolute Gasteiger partial charge is 0.265 e. The largest absolute Gasteiger partial charge is 0.506 e. The molecular formula is C20H14N2O3. The number of amides is 1. The van der Waals surface area contributed by atoms with Gasteiger partial charge in [-0.25, -0.2) is 0 Å². The third kappa shape index (κ3) is 2.52. The van der Waals surface area contributed by atoms with Crippen LogP contribution >= 0.6 is 0 Å². The first-order valence-corrected chi connectivity index (χ1v) is 7.78. The zero-order valence-corrected chi connectivity index (χ0v) is 13.1. The van der Waals surface area contributed by atoms with E-state index in [0.29, 0.717) is 16.6 Å². The predicted octanol–water partition coefficient (Wildman–Crippen LogP) is 3.64. The number of aromatic amines is 1. The maximum absolute atomic E-state index is 12.7. The van der Waals surface area contributed by atoms with E-state index in [0.717, 1.165) is 10.8 Å². The molecule has 0 radical (unpaired) electrons. The van der Waals surface area contributed by atoms with E-state index in [4.69, 9.17) is 0 Å². The lowest BCUT2D eigenvalue weighted by Crippen LogP contribution is -2.23. The van der Waals surface area contributed by atoms with Gasteiger partial charge in [-0.3, -0.25) is 9.59 Å². The van der Waals surface area contributed by atoms with Crippen LogP contribution in [0.3, 0.4) is 0 Å². The fourth-order valence-electron chi connectivity index (χ4n) is 2.96. The van der Waals surface area contributed by atoms with Crippen LogP contribution in [0.5, 0.6) is 5.75 Å². The number of hydrogen-bond donors (Lipinski definition) is 3. The Kier molecular flexibility index (Phi) is 3.47. The van der Waals surface area contributed by atoms with Gasteiger partial charge in [0.15, 0.2) is 0 Å². The number of nitrogens with one attached hydrogen (secondary N) is 2. The first kappa shape index (κ1) is 15.0. The molecule has 0 atom stereocenters. The second-order valence-corrected chi connectivity index (χ2v) is 5.70. The van der Waals surface area contributed by atoms with E-state index in [9.17, 15) is 14.7 Å².